The zero-order valence-corrected chi connectivity index (χ0v) is 19.8. The minimum absolute atomic E-state index is 0.113. The first-order valence-electron chi connectivity index (χ1n) is 11.1. The van der Waals surface area contributed by atoms with Crippen molar-refractivity contribution in [1.82, 2.24) is 5.32 Å². The molecule has 2 aromatic carbocycles. The van der Waals surface area contributed by atoms with Gasteiger partial charge in [0.05, 0.1) is 18.4 Å². The summed E-state index contributed by atoms with van der Waals surface area (Å²) in [6.45, 7) is 1.81. The number of methoxy groups -OCH3 is 1. The van der Waals surface area contributed by atoms with E-state index in [1.807, 2.05) is 0 Å². The maximum Gasteiger partial charge on any atom is 0.339 e. The van der Waals surface area contributed by atoms with Crippen molar-refractivity contribution in [3.63, 3.8) is 0 Å². The van der Waals surface area contributed by atoms with Crippen LogP contribution in [0.15, 0.2) is 53.4 Å². The molecule has 1 aliphatic rings. The summed E-state index contributed by atoms with van der Waals surface area (Å²) in [5, 5.41) is 5.79. The summed E-state index contributed by atoms with van der Waals surface area (Å²) in [5.74, 6) is 0.108. The molecule has 0 aliphatic heterocycles. The highest BCUT2D eigenvalue weighted by Gasteiger charge is 2.23. The first-order chi connectivity index (χ1) is 16.0. The summed E-state index contributed by atoms with van der Waals surface area (Å²) in [4.78, 5) is 37.8. The second-order valence-electron chi connectivity index (χ2n) is 8.08. The van der Waals surface area contributed by atoms with E-state index in [-0.39, 0.29) is 30.2 Å². The number of carbonyl (C=O) groups excluding carboxylic acids is 3. The standard InChI is InChI=1S/C25H30N2O5S/c1-17-8-3-5-12-21(17)27-23(28)15-32-25(30)20-11-4-6-13-22(20)33-16-24(29)26-18-9-7-10-19(14-18)31-2/h4,6-7,9-11,13-14,17,21H,3,5,8,12,15-16H2,1-2H3,(H,26,29)(H,27,28)/t17-,21+/m0/s1. The second kappa shape index (κ2) is 12.3. The van der Waals surface area contributed by atoms with E-state index in [1.54, 1.807) is 55.6 Å². The zero-order chi connectivity index (χ0) is 23.6. The van der Waals surface area contributed by atoms with Crippen molar-refractivity contribution in [1.29, 1.82) is 0 Å². The third-order valence-electron chi connectivity index (χ3n) is 5.61. The van der Waals surface area contributed by atoms with Crippen molar-refractivity contribution < 1.29 is 23.9 Å². The Hall–Kier alpha value is -3.00. The van der Waals surface area contributed by atoms with E-state index < -0.39 is 5.97 Å². The lowest BCUT2D eigenvalue weighted by Gasteiger charge is -2.29. The van der Waals surface area contributed by atoms with Crippen LogP contribution in [0.4, 0.5) is 5.69 Å². The van der Waals surface area contributed by atoms with Crippen molar-refractivity contribution in [2.75, 3.05) is 24.8 Å². The molecule has 0 aromatic heterocycles. The molecule has 0 bridgehead atoms. The molecule has 0 saturated heterocycles. The lowest BCUT2D eigenvalue weighted by atomic mass is 9.86. The zero-order valence-electron chi connectivity index (χ0n) is 19.0. The van der Waals surface area contributed by atoms with E-state index in [0.717, 1.165) is 19.3 Å². The van der Waals surface area contributed by atoms with E-state index in [2.05, 4.69) is 17.6 Å². The number of thioether (sulfide) groups is 1. The summed E-state index contributed by atoms with van der Waals surface area (Å²) in [6.07, 6.45) is 4.35. The maximum absolute atomic E-state index is 12.6. The number of benzene rings is 2. The van der Waals surface area contributed by atoms with Gasteiger partial charge in [-0.1, -0.05) is 38.0 Å². The quantitative estimate of drug-likeness (QED) is 0.420. The number of anilines is 1. The Balaban J connectivity index is 1.50. The van der Waals surface area contributed by atoms with Gasteiger partial charge >= 0.3 is 5.97 Å². The largest absolute Gasteiger partial charge is 0.497 e. The van der Waals surface area contributed by atoms with Gasteiger partial charge in [-0.15, -0.1) is 11.8 Å². The summed E-state index contributed by atoms with van der Waals surface area (Å²) >= 11 is 1.23. The average Bonchev–Trinajstić information content (AvgIpc) is 2.83. The van der Waals surface area contributed by atoms with E-state index in [9.17, 15) is 14.4 Å². The van der Waals surface area contributed by atoms with Gasteiger partial charge in [0, 0.05) is 22.7 Å². The lowest BCUT2D eigenvalue weighted by molar-refractivity contribution is -0.125. The van der Waals surface area contributed by atoms with Crippen LogP contribution >= 0.6 is 11.8 Å². The molecular weight excluding hydrogens is 440 g/mol. The molecule has 0 unspecified atom stereocenters. The first-order valence-corrected chi connectivity index (χ1v) is 12.1. The number of ether oxygens (including phenoxy) is 2. The Morgan fingerprint density at radius 1 is 1.03 bits per heavy atom. The van der Waals surface area contributed by atoms with E-state index in [1.165, 1.54) is 18.2 Å². The van der Waals surface area contributed by atoms with E-state index in [0.29, 0.717) is 27.8 Å². The van der Waals surface area contributed by atoms with Crippen molar-refractivity contribution in [3.8, 4) is 5.75 Å². The van der Waals surface area contributed by atoms with E-state index >= 15 is 0 Å². The maximum atomic E-state index is 12.6. The topological polar surface area (TPSA) is 93.7 Å². The highest BCUT2D eigenvalue weighted by Crippen LogP contribution is 2.25. The average molecular weight is 471 g/mol. The lowest BCUT2D eigenvalue weighted by Crippen LogP contribution is -2.42. The molecule has 176 valence electrons. The van der Waals surface area contributed by atoms with Crippen molar-refractivity contribution in [2.45, 2.75) is 43.5 Å². The molecule has 1 fully saturated rings. The number of hydrogen-bond donors (Lipinski definition) is 2. The van der Waals surface area contributed by atoms with Crippen molar-refractivity contribution in [2.24, 2.45) is 5.92 Å². The number of nitrogens with one attached hydrogen (secondary N) is 2. The summed E-state index contributed by atoms with van der Waals surface area (Å²) in [6, 6.07) is 14.1. The van der Waals surface area contributed by atoms with E-state index in [4.69, 9.17) is 9.47 Å². The van der Waals surface area contributed by atoms with Crippen LogP contribution in [0.3, 0.4) is 0 Å². The van der Waals surface area contributed by atoms with Crippen LogP contribution in [0.25, 0.3) is 0 Å². The van der Waals surface area contributed by atoms with Crippen LogP contribution in [-0.4, -0.2) is 43.3 Å². The van der Waals surface area contributed by atoms with Gasteiger partial charge in [0.2, 0.25) is 5.91 Å². The van der Waals surface area contributed by atoms with Crippen molar-refractivity contribution >= 4 is 35.2 Å². The molecule has 3 rings (SSSR count). The number of esters is 1. The highest BCUT2D eigenvalue weighted by molar-refractivity contribution is 8.00. The monoisotopic (exact) mass is 470 g/mol. The predicted molar refractivity (Wildman–Crippen MR) is 129 cm³/mol. The van der Waals surface area contributed by atoms with Crippen LogP contribution in [0.2, 0.25) is 0 Å². The Labute approximate surface area is 198 Å². The number of amides is 2. The van der Waals surface area contributed by atoms with Gasteiger partial charge < -0.3 is 20.1 Å². The van der Waals surface area contributed by atoms with Gasteiger partial charge in [-0.25, -0.2) is 4.79 Å². The molecule has 2 aromatic rings. The smallest absolute Gasteiger partial charge is 0.339 e. The van der Waals surface area contributed by atoms with Gasteiger partial charge in [0.25, 0.3) is 5.91 Å². The van der Waals surface area contributed by atoms with Gasteiger partial charge in [0.1, 0.15) is 5.75 Å². The normalized spacial score (nSPS) is 17.6. The van der Waals surface area contributed by atoms with Crippen molar-refractivity contribution in [3.05, 3.63) is 54.1 Å². The van der Waals surface area contributed by atoms with Gasteiger partial charge in [0.15, 0.2) is 6.61 Å². The third-order valence-corrected chi connectivity index (χ3v) is 6.68. The Kier molecular flexibility index (Phi) is 9.18. The molecular formula is C25H30N2O5S. The van der Waals surface area contributed by atoms with Gasteiger partial charge in [-0.3, -0.25) is 9.59 Å². The molecule has 2 N–H and O–H groups in total. The molecule has 0 radical (unpaired) electrons. The fourth-order valence-corrected chi connectivity index (χ4v) is 4.63. The van der Waals surface area contributed by atoms with Crippen LogP contribution in [0, 0.1) is 5.92 Å². The summed E-state index contributed by atoms with van der Waals surface area (Å²) in [7, 11) is 1.56. The van der Waals surface area contributed by atoms with Gasteiger partial charge in [-0.2, -0.15) is 0 Å². The molecule has 2 atom stereocenters. The summed E-state index contributed by atoms with van der Waals surface area (Å²) < 4.78 is 10.4. The highest BCUT2D eigenvalue weighted by atomic mass is 32.2. The van der Waals surface area contributed by atoms with Gasteiger partial charge in [-0.05, 0) is 43.0 Å². The Morgan fingerprint density at radius 2 is 1.82 bits per heavy atom. The van der Waals surface area contributed by atoms with Crippen LogP contribution in [-0.2, 0) is 14.3 Å². The third kappa shape index (κ3) is 7.53. The Bertz CT molecular complexity index is 981. The predicted octanol–water partition coefficient (Wildman–Crippen LogP) is 4.28. The van der Waals surface area contributed by atoms with Crippen LogP contribution in [0.5, 0.6) is 5.75 Å². The fraction of sp³-hybridized carbons (Fsp3) is 0.400. The molecule has 0 spiro atoms. The number of rotatable bonds is 9. The second-order valence-corrected chi connectivity index (χ2v) is 9.09. The van der Waals surface area contributed by atoms with Crippen LogP contribution in [0.1, 0.15) is 43.0 Å². The molecule has 1 saturated carbocycles. The number of carbonyl (C=O) groups is 3. The molecule has 0 heterocycles. The Morgan fingerprint density at radius 3 is 2.61 bits per heavy atom. The minimum atomic E-state index is -0.585. The first kappa shape index (κ1) is 24.6. The molecule has 33 heavy (non-hydrogen) atoms. The fourth-order valence-electron chi connectivity index (χ4n) is 3.79. The summed E-state index contributed by atoms with van der Waals surface area (Å²) in [5.41, 5.74) is 0.960. The minimum Gasteiger partial charge on any atom is -0.497 e. The molecule has 7 nitrogen and oxygen atoms in total. The molecule has 1 aliphatic carbocycles. The number of hydrogen-bond acceptors (Lipinski definition) is 6. The molecule has 8 heteroatoms. The SMILES string of the molecule is COc1cccc(NC(=O)CSc2ccccc2C(=O)OCC(=O)N[C@@H]2CCCC[C@@H]2C)c1. The molecule has 2 amide bonds. The van der Waals surface area contributed by atoms with Crippen LogP contribution < -0.4 is 15.4 Å².